The fourth-order valence-electron chi connectivity index (χ4n) is 0.832. The van der Waals surface area contributed by atoms with Crippen LogP contribution in [0.3, 0.4) is 0 Å². The van der Waals surface area contributed by atoms with Gasteiger partial charge in [-0.25, -0.2) is 4.79 Å². The fourth-order valence-corrected chi connectivity index (χ4v) is 0.832. The van der Waals surface area contributed by atoms with Crippen molar-refractivity contribution in [1.82, 2.24) is 10.6 Å². The summed E-state index contributed by atoms with van der Waals surface area (Å²) in [5.74, 6) is 1.84. The van der Waals surface area contributed by atoms with Gasteiger partial charge in [0.1, 0.15) is 0 Å². The number of carbonyl (C=O) groups is 2. The lowest BCUT2D eigenvalue weighted by atomic mass is 10.1. The van der Waals surface area contributed by atoms with Gasteiger partial charge in [0.15, 0.2) is 6.10 Å². The van der Waals surface area contributed by atoms with Gasteiger partial charge in [-0.05, 0) is 27.7 Å². The highest BCUT2D eigenvalue weighted by atomic mass is 16.6. The summed E-state index contributed by atoms with van der Waals surface area (Å²) in [4.78, 5) is 22.6. The molecule has 0 radical (unpaired) electrons. The maximum absolute atomic E-state index is 11.3. The van der Waals surface area contributed by atoms with Gasteiger partial charge in [0.2, 0.25) is 0 Å². The van der Waals surface area contributed by atoms with Crippen molar-refractivity contribution in [1.29, 1.82) is 0 Å². The Hall–Kier alpha value is -1.70. The highest BCUT2D eigenvalue weighted by Crippen LogP contribution is 2.00. The number of hydrogen-bond donors (Lipinski definition) is 2. The van der Waals surface area contributed by atoms with Crippen molar-refractivity contribution in [2.24, 2.45) is 0 Å². The van der Waals surface area contributed by atoms with E-state index in [0.717, 1.165) is 0 Å². The summed E-state index contributed by atoms with van der Waals surface area (Å²) in [5, 5.41) is 5.00. The molecule has 0 unspecified atom stereocenters. The molecular formula is C11H18N2O3. The van der Waals surface area contributed by atoms with Crippen molar-refractivity contribution in [3.8, 4) is 12.3 Å². The Balaban J connectivity index is 4.05. The molecule has 0 aliphatic rings. The van der Waals surface area contributed by atoms with Crippen LogP contribution in [-0.2, 0) is 9.53 Å². The van der Waals surface area contributed by atoms with E-state index in [0.29, 0.717) is 0 Å². The van der Waals surface area contributed by atoms with Crippen LogP contribution in [0.15, 0.2) is 0 Å². The number of terminal acetylenes is 1. The Labute approximate surface area is 95.9 Å². The number of alkyl carbamates (subject to hydrolysis) is 1. The molecule has 2 N–H and O–H groups in total. The Kier molecular flexibility index (Phi) is 5.37. The van der Waals surface area contributed by atoms with Gasteiger partial charge in [-0.2, -0.15) is 0 Å². The molecule has 0 heterocycles. The summed E-state index contributed by atoms with van der Waals surface area (Å²) in [6.45, 7) is 7.05. The van der Waals surface area contributed by atoms with Crippen molar-refractivity contribution in [2.75, 3.05) is 6.54 Å². The average molecular weight is 226 g/mol. The van der Waals surface area contributed by atoms with Crippen molar-refractivity contribution in [3.63, 3.8) is 0 Å². The van der Waals surface area contributed by atoms with E-state index in [9.17, 15) is 9.59 Å². The number of ether oxygens (including phenoxy) is 1. The molecule has 2 amide bonds. The van der Waals surface area contributed by atoms with E-state index in [1.165, 1.54) is 6.92 Å². The van der Waals surface area contributed by atoms with Crippen LogP contribution < -0.4 is 10.6 Å². The molecule has 0 spiro atoms. The van der Waals surface area contributed by atoms with Crippen LogP contribution >= 0.6 is 0 Å². The summed E-state index contributed by atoms with van der Waals surface area (Å²) < 4.78 is 4.85. The molecule has 0 aromatic carbocycles. The molecule has 0 bridgehead atoms. The summed E-state index contributed by atoms with van der Waals surface area (Å²) in [5.41, 5.74) is -0.397. The van der Waals surface area contributed by atoms with E-state index in [1.807, 2.05) is 20.8 Å². The molecule has 0 aliphatic heterocycles. The number of amides is 2. The lowest BCUT2D eigenvalue weighted by Gasteiger charge is -2.21. The average Bonchev–Trinajstić information content (AvgIpc) is 2.10. The molecule has 0 aromatic rings. The number of rotatable bonds is 3. The van der Waals surface area contributed by atoms with Gasteiger partial charge < -0.3 is 15.4 Å². The molecule has 90 valence electrons. The van der Waals surface area contributed by atoms with Crippen LogP contribution in [0.25, 0.3) is 0 Å². The molecule has 5 heteroatoms. The molecule has 16 heavy (non-hydrogen) atoms. The van der Waals surface area contributed by atoms with Gasteiger partial charge in [-0.3, -0.25) is 4.79 Å². The molecule has 0 aliphatic carbocycles. The topological polar surface area (TPSA) is 67.4 Å². The van der Waals surface area contributed by atoms with Gasteiger partial charge >= 0.3 is 6.09 Å². The summed E-state index contributed by atoms with van der Waals surface area (Å²) in [6.07, 6.45) is 3.48. The first-order valence-electron chi connectivity index (χ1n) is 4.96. The van der Waals surface area contributed by atoms with Crippen LogP contribution in [0.4, 0.5) is 4.79 Å². The van der Waals surface area contributed by atoms with Crippen molar-refractivity contribution in [3.05, 3.63) is 0 Å². The molecule has 1 atom stereocenters. The Bertz CT molecular complexity index is 299. The predicted molar refractivity (Wildman–Crippen MR) is 60.7 cm³/mol. The summed E-state index contributed by atoms with van der Waals surface area (Å²) in [6, 6.07) is 0. The quantitative estimate of drug-likeness (QED) is 0.694. The van der Waals surface area contributed by atoms with Gasteiger partial charge in [0.05, 0.1) is 6.54 Å². The van der Waals surface area contributed by atoms with Crippen LogP contribution in [0, 0.1) is 12.3 Å². The van der Waals surface area contributed by atoms with Gasteiger partial charge in [0.25, 0.3) is 5.91 Å². The lowest BCUT2D eigenvalue weighted by Crippen LogP contribution is -2.44. The minimum Gasteiger partial charge on any atom is -0.436 e. The molecule has 0 fully saturated rings. The Morgan fingerprint density at radius 2 is 2.00 bits per heavy atom. The number of carbonyl (C=O) groups excluding carboxylic acids is 2. The van der Waals surface area contributed by atoms with E-state index >= 15 is 0 Å². The zero-order valence-corrected chi connectivity index (χ0v) is 10.1. The zero-order valence-electron chi connectivity index (χ0n) is 10.1. The smallest absolute Gasteiger partial charge is 0.408 e. The fraction of sp³-hybridized carbons (Fsp3) is 0.636. The van der Waals surface area contributed by atoms with Crippen LogP contribution in [-0.4, -0.2) is 30.2 Å². The SMILES string of the molecule is C#CCNC(=O)[C@H](C)OC(=O)NC(C)(C)C. The third-order valence-corrected chi connectivity index (χ3v) is 1.49. The van der Waals surface area contributed by atoms with Crippen LogP contribution in [0.2, 0.25) is 0 Å². The van der Waals surface area contributed by atoms with E-state index < -0.39 is 23.6 Å². The Morgan fingerprint density at radius 1 is 1.44 bits per heavy atom. The minimum absolute atomic E-state index is 0.118. The lowest BCUT2D eigenvalue weighted by molar-refractivity contribution is -0.128. The largest absolute Gasteiger partial charge is 0.436 e. The number of nitrogens with one attached hydrogen (secondary N) is 2. The third-order valence-electron chi connectivity index (χ3n) is 1.49. The predicted octanol–water partition coefficient (Wildman–Crippen LogP) is 0.649. The molecule has 5 nitrogen and oxygen atoms in total. The summed E-state index contributed by atoms with van der Waals surface area (Å²) >= 11 is 0. The molecule has 0 saturated heterocycles. The second-order valence-corrected chi connectivity index (χ2v) is 4.34. The molecular weight excluding hydrogens is 208 g/mol. The van der Waals surface area contributed by atoms with Crippen molar-refractivity contribution < 1.29 is 14.3 Å². The van der Waals surface area contributed by atoms with E-state index in [1.54, 1.807) is 0 Å². The second kappa shape index (κ2) is 6.01. The zero-order chi connectivity index (χ0) is 12.8. The highest BCUT2D eigenvalue weighted by Gasteiger charge is 2.20. The van der Waals surface area contributed by atoms with Crippen LogP contribution in [0.5, 0.6) is 0 Å². The Morgan fingerprint density at radius 3 is 2.44 bits per heavy atom. The molecule has 0 rings (SSSR count). The normalized spacial score (nSPS) is 12.2. The molecule has 0 aromatic heterocycles. The van der Waals surface area contributed by atoms with E-state index in [-0.39, 0.29) is 6.54 Å². The minimum atomic E-state index is -0.865. The van der Waals surface area contributed by atoms with E-state index in [4.69, 9.17) is 11.2 Å². The van der Waals surface area contributed by atoms with Gasteiger partial charge in [0, 0.05) is 5.54 Å². The maximum atomic E-state index is 11.3. The standard InChI is InChI=1S/C11H18N2O3/c1-6-7-12-9(14)8(2)16-10(15)13-11(3,4)5/h1,8H,7H2,2-5H3,(H,12,14)(H,13,15)/t8-/m0/s1. The molecule has 0 saturated carbocycles. The first-order valence-corrected chi connectivity index (χ1v) is 4.96. The first-order chi connectivity index (χ1) is 7.26. The highest BCUT2D eigenvalue weighted by molar-refractivity contribution is 5.83. The first kappa shape index (κ1) is 14.3. The third kappa shape index (κ3) is 6.71. The van der Waals surface area contributed by atoms with Crippen LogP contribution in [0.1, 0.15) is 27.7 Å². The van der Waals surface area contributed by atoms with Gasteiger partial charge in [-0.1, -0.05) is 5.92 Å². The number of hydrogen-bond acceptors (Lipinski definition) is 3. The van der Waals surface area contributed by atoms with Gasteiger partial charge in [-0.15, -0.1) is 6.42 Å². The van der Waals surface area contributed by atoms with Crippen molar-refractivity contribution in [2.45, 2.75) is 39.3 Å². The summed E-state index contributed by atoms with van der Waals surface area (Å²) in [7, 11) is 0. The maximum Gasteiger partial charge on any atom is 0.408 e. The second-order valence-electron chi connectivity index (χ2n) is 4.34. The monoisotopic (exact) mass is 226 g/mol. The van der Waals surface area contributed by atoms with E-state index in [2.05, 4.69) is 16.6 Å². The van der Waals surface area contributed by atoms with Crippen molar-refractivity contribution >= 4 is 12.0 Å².